The summed E-state index contributed by atoms with van der Waals surface area (Å²) in [6.07, 6.45) is 1.73. The van der Waals surface area contributed by atoms with E-state index < -0.39 is 0 Å². The lowest BCUT2D eigenvalue weighted by Crippen LogP contribution is -2.40. The first kappa shape index (κ1) is 15.1. The first-order valence-corrected chi connectivity index (χ1v) is 6.92. The number of ketones is 1. The van der Waals surface area contributed by atoms with Crippen molar-refractivity contribution in [2.24, 2.45) is 0 Å². The molecule has 0 N–H and O–H groups in total. The molecule has 0 aromatic heterocycles. The van der Waals surface area contributed by atoms with Crippen LogP contribution in [0, 0.1) is 0 Å². The highest BCUT2D eigenvalue weighted by atomic mass is 16.6. The van der Waals surface area contributed by atoms with E-state index in [-0.39, 0.29) is 18.5 Å². The maximum atomic E-state index is 12.1. The summed E-state index contributed by atoms with van der Waals surface area (Å²) in [5.41, 5.74) is 1.59. The largest absolute Gasteiger partial charge is 0.445 e. The first-order chi connectivity index (χ1) is 10.1. The summed E-state index contributed by atoms with van der Waals surface area (Å²) in [6, 6.07) is 9.54. The van der Waals surface area contributed by atoms with Gasteiger partial charge in [-0.1, -0.05) is 30.3 Å². The van der Waals surface area contributed by atoms with Gasteiger partial charge in [-0.05, 0) is 5.56 Å². The first-order valence-electron chi connectivity index (χ1n) is 6.92. The van der Waals surface area contributed by atoms with E-state index in [4.69, 9.17) is 4.74 Å². The van der Waals surface area contributed by atoms with Crippen LogP contribution in [0.3, 0.4) is 0 Å². The second-order valence-corrected chi connectivity index (χ2v) is 5.25. The Bertz CT molecular complexity index is 538. The molecule has 0 saturated carbocycles. The molecule has 21 heavy (non-hydrogen) atoms. The van der Waals surface area contributed by atoms with Crippen molar-refractivity contribution >= 4 is 11.9 Å². The van der Waals surface area contributed by atoms with Gasteiger partial charge in [0.1, 0.15) is 6.61 Å². The van der Waals surface area contributed by atoms with Crippen LogP contribution in [-0.2, 0) is 16.1 Å². The fourth-order valence-corrected chi connectivity index (χ4v) is 2.16. The van der Waals surface area contributed by atoms with Gasteiger partial charge in [-0.3, -0.25) is 4.79 Å². The van der Waals surface area contributed by atoms with Crippen LogP contribution in [0.15, 0.2) is 42.1 Å². The highest BCUT2D eigenvalue weighted by molar-refractivity contribution is 5.97. The van der Waals surface area contributed by atoms with Crippen molar-refractivity contribution in [3.05, 3.63) is 47.7 Å². The number of hydrogen-bond acceptors (Lipinski definition) is 4. The molecule has 112 valence electrons. The van der Waals surface area contributed by atoms with Crippen LogP contribution >= 0.6 is 0 Å². The number of carbonyl (C=O) groups is 2. The zero-order chi connectivity index (χ0) is 15.2. The lowest BCUT2D eigenvalue weighted by atomic mass is 10.0. The van der Waals surface area contributed by atoms with E-state index in [1.54, 1.807) is 11.1 Å². The monoisotopic (exact) mass is 288 g/mol. The third-order valence-corrected chi connectivity index (χ3v) is 3.21. The second kappa shape index (κ2) is 6.92. The topological polar surface area (TPSA) is 49.9 Å². The average Bonchev–Trinajstić information content (AvgIpc) is 2.47. The summed E-state index contributed by atoms with van der Waals surface area (Å²) < 4.78 is 5.29. The molecule has 0 spiro atoms. The van der Waals surface area contributed by atoms with Crippen LogP contribution in [-0.4, -0.2) is 48.9 Å². The Hall–Kier alpha value is -2.30. The molecule has 5 nitrogen and oxygen atoms in total. The van der Waals surface area contributed by atoms with E-state index in [2.05, 4.69) is 0 Å². The summed E-state index contributed by atoms with van der Waals surface area (Å²) in [7, 11) is 3.71. The Balaban J connectivity index is 1.92. The molecule has 5 heteroatoms. The molecule has 1 aromatic carbocycles. The minimum atomic E-state index is -0.379. The zero-order valence-corrected chi connectivity index (χ0v) is 12.4. The van der Waals surface area contributed by atoms with Crippen LogP contribution < -0.4 is 0 Å². The van der Waals surface area contributed by atoms with Crippen molar-refractivity contribution in [1.82, 2.24) is 9.80 Å². The molecule has 1 aliphatic rings. The number of ether oxygens (including phenoxy) is 1. The van der Waals surface area contributed by atoms with Gasteiger partial charge >= 0.3 is 6.09 Å². The van der Waals surface area contributed by atoms with Crippen molar-refractivity contribution < 1.29 is 14.3 Å². The molecular weight excluding hydrogens is 268 g/mol. The van der Waals surface area contributed by atoms with Gasteiger partial charge in [0.05, 0.1) is 6.54 Å². The third kappa shape index (κ3) is 4.34. The van der Waals surface area contributed by atoms with E-state index in [1.807, 2.05) is 49.3 Å². The van der Waals surface area contributed by atoms with Gasteiger partial charge in [-0.2, -0.15) is 0 Å². The molecule has 0 unspecified atom stereocenters. The Morgan fingerprint density at radius 1 is 1.33 bits per heavy atom. The summed E-state index contributed by atoms with van der Waals surface area (Å²) in [5.74, 6) is 0.0933. The van der Waals surface area contributed by atoms with E-state index >= 15 is 0 Å². The highest BCUT2D eigenvalue weighted by Gasteiger charge is 2.26. The van der Waals surface area contributed by atoms with Crippen molar-refractivity contribution in [3.63, 3.8) is 0 Å². The van der Waals surface area contributed by atoms with Gasteiger partial charge in [0.15, 0.2) is 5.78 Å². The number of Topliss-reactive ketones (excluding diaryl/α,β-unsaturated/α-hetero) is 1. The van der Waals surface area contributed by atoms with Gasteiger partial charge in [0, 0.05) is 38.8 Å². The normalized spacial score (nSPS) is 17.0. The standard InChI is InChI=1S/C16H20N2O3/c1-17(2)10-14-11-18(9-8-15(14)19)16(20)21-12-13-6-4-3-5-7-13/h3-7,10H,8-9,11-12H2,1-2H3/b14-10-. The van der Waals surface area contributed by atoms with E-state index in [9.17, 15) is 9.59 Å². The zero-order valence-electron chi connectivity index (χ0n) is 12.4. The minimum Gasteiger partial charge on any atom is -0.445 e. The van der Waals surface area contributed by atoms with E-state index in [1.165, 1.54) is 0 Å². The maximum absolute atomic E-state index is 12.1. The van der Waals surface area contributed by atoms with Crippen molar-refractivity contribution in [1.29, 1.82) is 0 Å². The molecule has 0 aliphatic carbocycles. The Morgan fingerprint density at radius 3 is 2.71 bits per heavy atom. The van der Waals surface area contributed by atoms with Gasteiger partial charge < -0.3 is 14.5 Å². The molecule has 2 rings (SSSR count). The van der Waals surface area contributed by atoms with E-state index in [0.717, 1.165) is 5.56 Å². The number of piperidine rings is 1. The number of hydrogen-bond donors (Lipinski definition) is 0. The summed E-state index contributed by atoms with van der Waals surface area (Å²) in [6.45, 7) is 0.971. The van der Waals surface area contributed by atoms with Crippen LogP contribution in [0.5, 0.6) is 0 Å². The molecule has 1 saturated heterocycles. The predicted octanol–water partition coefficient (Wildman–Crippen LogP) is 2.04. The average molecular weight is 288 g/mol. The molecule has 1 aromatic rings. The van der Waals surface area contributed by atoms with Gasteiger partial charge in [0.2, 0.25) is 0 Å². The molecule has 1 aliphatic heterocycles. The molecule has 0 atom stereocenters. The highest BCUT2D eigenvalue weighted by Crippen LogP contribution is 2.14. The molecule has 1 fully saturated rings. The number of rotatable bonds is 3. The van der Waals surface area contributed by atoms with Crippen molar-refractivity contribution in [2.75, 3.05) is 27.2 Å². The van der Waals surface area contributed by atoms with E-state index in [0.29, 0.717) is 25.1 Å². The summed E-state index contributed by atoms with van der Waals surface area (Å²) >= 11 is 0. The van der Waals surface area contributed by atoms with Crippen LogP contribution in [0.1, 0.15) is 12.0 Å². The Kier molecular flexibility index (Phi) is 4.98. The van der Waals surface area contributed by atoms with Crippen molar-refractivity contribution in [3.8, 4) is 0 Å². The maximum Gasteiger partial charge on any atom is 0.410 e. The number of benzene rings is 1. The third-order valence-electron chi connectivity index (χ3n) is 3.21. The molecule has 1 heterocycles. The number of likely N-dealkylation sites (tertiary alicyclic amines) is 1. The van der Waals surface area contributed by atoms with Crippen LogP contribution in [0.2, 0.25) is 0 Å². The molecule has 0 bridgehead atoms. The minimum absolute atomic E-state index is 0.0933. The van der Waals surface area contributed by atoms with Crippen LogP contribution in [0.25, 0.3) is 0 Å². The Labute approximate surface area is 124 Å². The fourth-order valence-electron chi connectivity index (χ4n) is 2.16. The Morgan fingerprint density at radius 2 is 2.05 bits per heavy atom. The fraction of sp³-hybridized carbons (Fsp3) is 0.375. The molecule has 1 amide bonds. The number of nitrogens with zero attached hydrogens (tertiary/aromatic N) is 2. The lowest BCUT2D eigenvalue weighted by molar-refractivity contribution is -0.117. The smallest absolute Gasteiger partial charge is 0.410 e. The number of carbonyl (C=O) groups excluding carboxylic acids is 2. The van der Waals surface area contributed by atoms with Crippen LogP contribution in [0.4, 0.5) is 4.79 Å². The van der Waals surface area contributed by atoms with Gasteiger partial charge in [-0.15, -0.1) is 0 Å². The lowest BCUT2D eigenvalue weighted by Gasteiger charge is -2.27. The quantitative estimate of drug-likeness (QED) is 0.799. The van der Waals surface area contributed by atoms with Gasteiger partial charge in [-0.25, -0.2) is 4.79 Å². The molecule has 0 radical (unpaired) electrons. The predicted molar refractivity (Wildman–Crippen MR) is 79.6 cm³/mol. The summed E-state index contributed by atoms with van der Waals surface area (Å²) in [4.78, 5) is 27.2. The molecular formula is C16H20N2O3. The van der Waals surface area contributed by atoms with Crippen molar-refractivity contribution in [2.45, 2.75) is 13.0 Å². The summed E-state index contributed by atoms with van der Waals surface area (Å²) in [5, 5.41) is 0. The SMILES string of the molecule is CN(C)/C=C1/CN(C(=O)OCc2ccccc2)CCC1=O. The second-order valence-electron chi connectivity index (χ2n) is 5.25. The number of amides is 1. The van der Waals surface area contributed by atoms with Gasteiger partial charge in [0.25, 0.3) is 0 Å².